The molecule has 0 fully saturated rings. The number of sulfonamides is 1. The van der Waals surface area contributed by atoms with Gasteiger partial charge in [0.2, 0.25) is 0 Å². The van der Waals surface area contributed by atoms with E-state index >= 15 is 0 Å². The third kappa shape index (κ3) is 3.88. The van der Waals surface area contributed by atoms with Crippen molar-refractivity contribution < 1.29 is 8.42 Å². The van der Waals surface area contributed by atoms with Gasteiger partial charge in [-0.05, 0) is 43.7 Å². The fourth-order valence-corrected chi connectivity index (χ4v) is 4.35. The molecule has 4 rings (SSSR count). The molecule has 0 spiro atoms. The zero-order valence-corrected chi connectivity index (χ0v) is 16.6. The van der Waals surface area contributed by atoms with Crippen molar-refractivity contribution >= 4 is 26.6 Å². The Hall–Kier alpha value is -3.52. The molecule has 7 nitrogen and oxygen atoms in total. The first-order valence-electron chi connectivity index (χ1n) is 8.88. The van der Waals surface area contributed by atoms with E-state index in [1.54, 1.807) is 43.5 Å². The van der Waals surface area contributed by atoms with E-state index < -0.39 is 10.0 Å². The number of aromatic amines is 1. The normalized spacial score (nSPS) is 11.5. The van der Waals surface area contributed by atoms with Gasteiger partial charge >= 0.3 is 0 Å². The Morgan fingerprint density at radius 2 is 1.79 bits per heavy atom. The smallest absolute Gasteiger partial charge is 0.264 e. The molecule has 8 heteroatoms. The lowest BCUT2D eigenvalue weighted by molar-refractivity contribution is 0.602. The summed E-state index contributed by atoms with van der Waals surface area (Å²) >= 11 is 0. The van der Waals surface area contributed by atoms with Gasteiger partial charge in [0.15, 0.2) is 0 Å². The first-order chi connectivity index (χ1) is 13.8. The van der Waals surface area contributed by atoms with Gasteiger partial charge in [0.05, 0.1) is 5.52 Å². The number of rotatable bonds is 4. The summed E-state index contributed by atoms with van der Waals surface area (Å²) in [6, 6.07) is 15.0. The molecule has 2 N–H and O–H groups in total. The Morgan fingerprint density at radius 3 is 2.59 bits per heavy atom. The number of anilines is 1. The highest BCUT2D eigenvalue weighted by Crippen LogP contribution is 2.25. The zero-order chi connectivity index (χ0) is 20.6. The van der Waals surface area contributed by atoms with Gasteiger partial charge in [-0.15, -0.1) is 0 Å². The van der Waals surface area contributed by atoms with E-state index in [-0.39, 0.29) is 10.5 Å². The summed E-state index contributed by atoms with van der Waals surface area (Å²) in [4.78, 5) is 23.1. The molecule has 2 aromatic heterocycles. The second-order valence-corrected chi connectivity index (χ2v) is 8.41. The molecule has 0 aliphatic carbocycles. The van der Waals surface area contributed by atoms with E-state index in [0.29, 0.717) is 28.3 Å². The number of fused-ring (bicyclic) bond motifs is 1. The number of hydrogen-bond donors (Lipinski definition) is 2. The topological polar surface area (TPSA) is 105 Å². The molecule has 4 aromatic rings. The maximum Gasteiger partial charge on any atom is 0.264 e. The SMILES string of the molecule is Cc1cnc2c(S(=O)(=O)Nc3cccc(-c4nc(C)cc(=O)[nH]4)c3)cccc2c1. The predicted molar refractivity (Wildman–Crippen MR) is 112 cm³/mol. The molecule has 2 heterocycles. The van der Waals surface area contributed by atoms with Gasteiger partial charge in [0.25, 0.3) is 15.6 Å². The second-order valence-electron chi connectivity index (χ2n) is 6.76. The third-order valence-corrected chi connectivity index (χ3v) is 5.77. The maximum absolute atomic E-state index is 13.0. The number of aryl methyl sites for hydroxylation is 2. The monoisotopic (exact) mass is 406 g/mol. The minimum Gasteiger partial charge on any atom is -0.307 e. The summed E-state index contributed by atoms with van der Waals surface area (Å²) in [7, 11) is -3.87. The van der Waals surface area contributed by atoms with Crippen LogP contribution in [0.4, 0.5) is 5.69 Å². The second kappa shape index (κ2) is 7.14. The number of pyridine rings is 1. The Kier molecular flexibility index (Phi) is 4.63. The van der Waals surface area contributed by atoms with Crippen molar-refractivity contribution in [2.75, 3.05) is 4.72 Å². The van der Waals surface area contributed by atoms with Crippen molar-refractivity contribution in [1.29, 1.82) is 0 Å². The molecule has 0 radical (unpaired) electrons. The first kappa shape index (κ1) is 18.8. The van der Waals surface area contributed by atoms with E-state index in [0.717, 1.165) is 10.9 Å². The lowest BCUT2D eigenvalue weighted by Gasteiger charge is -2.11. The maximum atomic E-state index is 13.0. The zero-order valence-electron chi connectivity index (χ0n) is 15.8. The highest BCUT2D eigenvalue weighted by atomic mass is 32.2. The van der Waals surface area contributed by atoms with Gasteiger partial charge in [-0.25, -0.2) is 13.4 Å². The van der Waals surface area contributed by atoms with Crippen LogP contribution in [0.5, 0.6) is 0 Å². The minimum atomic E-state index is -3.87. The average molecular weight is 406 g/mol. The van der Waals surface area contributed by atoms with Crippen LogP contribution in [-0.4, -0.2) is 23.4 Å². The summed E-state index contributed by atoms with van der Waals surface area (Å²) in [5.41, 5.74) is 2.62. The van der Waals surface area contributed by atoms with Gasteiger partial charge in [0.1, 0.15) is 10.7 Å². The van der Waals surface area contributed by atoms with Gasteiger partial charge in [-0.1, -0.05) is 24.3 Å². The fourth-order valence-electron chi connectivity index (χ4n) is 3.12. The lowest BCUT2D eigenvalue weighted by atomic mass is 10.2. The van der Waals surface area contributed by atoms with E-state index in [2.05, 4.69) is 19.7 Å². The van der Waals surface area contributed by atoms with Crippen LogP contribution in [0, 0.1) is 13.8 Å². The quantitative estimate of drug-likeness (QED) is 0.540. The van der Waals surface area contributed by atoms with Crippen LogP contribution in [0.3, 0.4) is 0 Å². The highest BCUT2D eigenvalue weighted by Gasteiger charge is 2.19. The lowest BCUT2D eigenvalue weighted by Crippen LogP contribution is -2.14. The molecule has 0 saturated carbocycles. The number of benzene rings is 2. The summed E-state index contributed by atoms with van der Waals surface area (Å²) in [6.45, 7) is 3.63. The molecule has 0 amide bonds. The summed E-state index contributed by atoms with van der Waals surface area (Å²) < 4.78 is 28.7. The van der Waals surface area contributed by atoms with E-state index in [1.807, 2.05) is 19.1 Å². The highest BCUT2D eigenvalue weighted by molar-refractivity contribution is 7.93. The van der Waals surface area contributed by atoms with Gasteiger partial charge in [-0.3, -0.25) is 14.5 Å². The molecule has 0 aliphatic heterocycles. The van der Waals surface area contributed by atoms with Crippen LogP contribution < -0.4 is 10.3 Å². The predicted octanol–water partition coefficient (Wildman–Crippen LogP) is 3.40. The number of para-hydroxylation sites is 1. The van der Waals surface area contributed by atoms with E-state index in [4.69, 9.17) is 0 Å². The molecule has 0 saturated heterocycles. The van der Waals surface area contributed by atoms with Gasteiger partial charge in [-0.2, -0.15) is 0 Å². The number of aromatic nitrogens is 3. The van der Waals surface area contributed by atoms with Crippen molar-refractivity contribution in [2.24, 2.45) is 0 Å². The molecule has 146 valence electrons. The number of H-pyrrole nitrogens is 1. The molecule has 0 bridgehead atoms. The number of hydrogen-bond acceptors (Lipinski definition) is 5. The molecular weight excluding hydrogens is 388 g/mol. The van der Waals surface area contributed by atoms with Crippen LogP contribution in [0.15, 0.2) is 70.5 Å². The first-order valence-corrected chi connectivity index (χ1v) is 10.4. The van der Waals surface area contributed by atoms with Crippen molar-refractivity contribution in [3.8, 4) is 11.4 Å². The van der Waals surface area contributed by atoms with Crippen LogP contribution in [0.25, 0.3) is 22.3 Å². The summed E-state index contributed by atoms with van der Waals surface area (Å²) in [5.74, 6) is 0.373. The van der Waals surface area contributed by atoms with Crippen molar-refractivity contribution in [2.45, 2.75) is 18.7 Å². The fraction of sp³-hybridized carbons (Fsp3) is 0.0952. The van der Waals surface area contributed by atoms with Crippen LogP contribution in [0.2, 0.25) is 0 Å². The van der Waals surface area contributed by atoms with Crippen LogP contribution >= 0.6 is 0 Å². The Labute approximate surface area is 167 Å². The van der Waals surface area contributed by atoms with Crippen molar-refractivity contribution in [3.05, 3.63) is 82.4 Å². The van der Waals surface area contributed by atoms with E-state index in [1.165, 1.54) is 12.1 Å². The van der Waals surface area contributed by atoms with Crippen LogP contribution in [0.1, 0.15) is 11.3 Å². The number of nitrogens with one attached hydrogen (secondary N) is 2. The largest absolute Gasteiger partial charge is 0.307 e. The third-order valence-electron chi connectivity index (χ3n) is 4.36. The van der Waals surface area contributed by atoms with Crippen molar-refractivity contribution in [1.82, 2.24) is 15.0 Å². The van der Waals surface area contributed by atoms with E-state index in [9.17, 15) is 13.2 Å². The number of nitrogens with zero attached hydrogens (tertiary/aromatic N) is 2. The average Bonchev–Trinajstić information content (AvgIpc) is 2.66. The molecule has 0 aliphatic rings. The van der Waals surface area contributed by atoms with Crippen molar-refractivity contribution in [3.63, 3.8) is 0 Å². The molecule has 0 unspecified atom stereocenters. The Morgan fingerprint density at radius 1 is 1.00 bits per heavy atom. The van der Waals surface area contributed by atoms with Gasteiger partial charge < -0.3 is 4.98 Å². The minimum absolute atomic E-state index is 0.0995. The molecule has 29 heavy (non-hydrogen) atoms. The molecule has 0 atom stereocenters. The summed E-state index contributed by atoms with van der Waals surface area (Å²) in [5, 5.41) is 0.753. The van der Waals surface area contributed by atoms with Gasteiger partial charge in [0, 0.05) is 34.6 Å². The summed E-state index contributed by atoms with van der Waals surface area (Å²) in [6.07, 6.45) is 1.64. The molecule has 2 aromatic carbocycles. The Bertz CT molecular complexity index is 1390. The Balaban J connectivity index is 1.74. The standard InChI is InChI=1S/C21H18N4O3S/c1-13-9-15-5-4-8-18(20(15)22-12-13)29(27,28)25-17-7-3-6-16(11-17)21-23-14(2)10-19(26)24-21/h3-12,25H,1-2H3,(H,23,24,26). The van der Waals surface area contributed by atoms with Crippen LogP contribution in [-0.2, 0) is 10.0 Å². The molecular formula is C21H18N4O3S.